The first-order valence-corrected chi connectivity index (χ1v) is 5.76. The Balaban J connectivity index is 2.02. The lowest BCUT2D eigenvalue weighted by Gasteiger charge is -2.05. The number of benzene rings is 1. The molecule has 3 heteroatoms. The Morgan fingerprint density at radius 2 is 1.83 bits per heavy atom. The van der Waals surface area contributed by atoms with Crippen LogP contribution in [-0.2, 0) is 6.42 Å². The van der Waals surface area contributed by atoms with E-state index in [2.05, 4.69) is 9.97 Å². The number of nitrogens with zero attached hydrogens (tertiary/aromatic N) is 2. The molecule has 18 heavy (non-hydrogen) atoms. The summed E-state index contributed by atoms with van der Waals surface area (Å²) >= 11 is 0. The Bertz CT molecular complexity index is 672. The van der Waals surface area contributed by atoms with Crippen LogP contribution < -0.4 is 0 Å². The lowest BCUT2D eigenvalue weighted by molar-refractivity contribution is 0.582. The van der Waals surface area contributed by atoms with Crippen LogP contribution in [0.4, 0.5) is 4.39 Å². The van der Waals surface area contributed by atoms with Crippen LogP contribution in [0.3, 0.4) is 0 Å². The maximum Gasteiger partial charge on any atom is 0.212 e. The predicted molar refractivity (Wildman–Crippen MR) is 68.7 cm³/mol. The van der Waals surface area contributed by atoms with Gasteiger partial charge in [0.2, 0.25) is 5.95 Å². The standard InChI is InChI=1S/C15H11FN2/c16-14-7-6-11(10-18-14)9-13-4-1-3-12-5-2-8-17-15(12)13/h1-8,10H,9H2. The number of rotatable bonds is 2. The van der Waals surface area contributed by atoms with E-state index in [1.807, 2.05) is 30.3 Å². The molecule has 0 saturated heterocycles. The van der Waals surface area contributed by atoms with Crippen LogP contribution >= 0.6 is 0 Å². The van der Waals surface area contributed by atoms with E-state index in [1.54, 1.807) is 18.5 Å². The minimum atomic E-state index is -0.449. The number of hydrogen-bond acceptors (Lipinski definition) is 2. The molecule has 0 bridgehead atoms. The van der Waals surface area contributed by atoms with Gasteiger partial charge in [0.05, 0.1) is 5.52 Å². The van der Waals surface area contributed by atoms with Gasteiger partial charge in [0.1, 0.15) is 0 Å². The second-order valence-electron chi connectivity index (χ2n) is 4.16. The number of para-hydroxylation sites is 1. The molecule has 0 aliphatic rings. The Kier molecular flexibility index (Phi) is 2.73. The highest BCUT2D eigenvalue weighted by Crippen LogP contribution is 2.18. The summed E-state index contributed by atoms with van der Waals surface area (Å²) in [6.45, 7) is 0. The van der Waals surface area contributed by atoms with Crippen LogP contribution in [0.15, 0.2) is 54.9 Å². The molecule has 0 aliphatic carbocycles. The molecule has 0 fully saturated rings. The summed E-state index contributed by atoms with van der Waals surface area (Å²) in [7, 11) is 0. The van der Waals surface area contributed by atoms with Gasteiger partial charge in [-0.05, 0) is 23.3 Å². The van der Waals surface area contributed by atoms with Gasteiger partial charge in [-0.1, -0.05) is 30.3 Å². The molecule has 2 nitrogen and oxygen atoms in total. The van der Waals surface area contributed by atoms with Gasteiger partial charge in [-0.3, -0.25) is 4.98 Å². The highest BCUT2D eigenvalue weighted by atomic mass is 19.1. The maximum absolute atomic E-state index is 12.8. The van der Waals surface area contributed by atoms with Crippen LogP contribution in [-0.4, -0.2) is 9.97 Å². The summed E-state index contributed by atoms with van der Waals surface area (Å²) in [5.41, 5.74) is 3.10. The van der Waals surface area contributed by atoms with E-state index in [0.29, 0.717) is 6.42 Å². The van der Waals surface area contributed by atoms with Gasteiger partial charge in [-0.2, -0.15) is 4.39 Å². The summed E-state index contributed by atoms with van der Waals surface area (Å²) in [6, 6.07) is 13.2. The van der Waals surface area contributed by atoms with Gasteiger partial charge in [0.15, 0.2) is 0 Å². The maximum atomic E-state index is 12.8. The van der Waals surface area contributed by atoms with E-state index in [1.165, 1.54) is 6.07 Å². The largest absolute Gasteiger partial charge is 0.256 e. The first kappa shape index (κ1) is 10.8. The van der Waals surface area contributed by atoms with E-state index >= 15 is 0 Å². The molecular weight excluding hydrogens is 227 g/mol. The number of aromatic nitrogens is 2. The quantitative estimate of drug-likeness (QED) is 0.640. The number of hydrogen-bond donors (Lipinski definition) is 0. The predicted octanol–water partition coefficient (Wildman–Crippen LogP) is 3.36. The van der Waals surface area contributed by atoms with Crippen LogP contribution in [0.25, 0.3) is 10.9 Å². The van der Waals surface area contributed by atoms with Crippen molar-refractivity contribution in [3.05, 3.63) is 71.9 Å². The highest BCUT2D eigenvalue weighted by molar-refractivity contribution is 5.81. The molecule has 0 spiro atoms. The summed E-state index contributed by atoms with van der Waals surface area (Å²) in [6.07, 6.45) is 4.06. The minimum absolute atomic E-state index is 0.449. The van der Waals surface area contributed by atoms with Crippen LogP contribution in [0, 0.1) is 5.95 Å². The van der Waals surface area contributed by atoms with E-state index in [-0.39, 0.29) is 0 Å². The number of halogens is 1. The third-order valence-electron chi connectivity index (χ3n) is 2.90. The molecule has 0 saturated carbocycles. The fourth-order valence-electron chi connectivity index (χ4n) is 2.04. The molecule has 2 heterocycles. The normalized spacial score (nSPS) is 10.7. The zero-order valence-corrected chi connectivity index (χ0v) is 9.68. The molecule has 0 aliphatic heterocycles. The van der Waals surface area contributed by atoms with Crippen LogP contribution in [0.5, 0.6) is 0 Å². The van der Waals surface area contributed by atoms with Crippen molar-refractivity contribution in [2.75, 3.05) is 0 Å². The molecule has 0 radical (unpaired) electrons. The topological polar surface area (TPSA) is 25.8 Å². The zero-order valence-electron chi connectivity index (χ0n) is 9.68. The summed E-state index contributed by atoms with van der Waals surface area (Å²) < 4.78 is 12.8. The first-order valence-electron chi connectivity index (χ1n) is 5.76. The second-order valence-corrected chi connectivity index (χ2v) is 4.16. The molecule has 3 aromatic rings. The molecule has 0 unspecified atom stereocenters. The Morgan fingerprint density at radius 3 is 2.67 bits per heavy atom. The zero-order chi connectivity index (χ0) is 12.4. The van der Waals surface area contributed by atoms with Crippen molar-refractivity contribution in [3.63, 3.8) is 0 Å². The summed E-state index contributed by atoms with van der Waals surface area (Å²) in [5.74, 6) is -0.449. The lowest BCUT2D eigenvalue weighted by Crippen LogP contribution is -1.93. The van der Waals surface area contributed by atoms with Gasteiger partial charge in [-0.25, -0.2) is 4.98 Å². The monoisotopic (exact) mass is 238 g/mol. The molecule has 88 valence electrons. The molecular formula is C15H11FN2. The van der Waals surface area contributed by atoms with Crippen LogP contribution in [0.2, 0.25) is 0 Å². The van der Waals surface area contributed by atoms with E-state index in [4.69, 9.17) is 0 Å². The SMILES string of the molecule is Fc1ccc(Cc2cccc3cccnc23)cn1. The molecule has 0 atom stereocenters. The Hall–Kier alpha value is -2.29. The van der Waals surface area contributed by atoms with Gasteiger partial charge < -0.3 is 0 Å². The van der Waals surface area contributed by atoms with Crippen LogP contribution in [0.1, 0.15) is 11.1 Å². The van der Waals surface area contributed by atoms with Gasteiger partial charge in [0, 0.05) is 24.2 Å². The van der Waals surface area contributed by atoms with Crippen molar-refractivity contribution in [1.29, 1.82) is 0 Å². The van der Waals surface area contributed by atoms with Gasteiger partial charge in [-0.15, -0.1) is 0 Å². The lowest BCUT2D eigenvalue weighted by atomic mass is 10.0. The van der Waals surface area contributed by atoms with E-state index < -0.39 is 5.95 Å². The van der Waals surface area contributed by atoms with Gasteiger partial charge in [0.25, 0.3) is 0 Å². The molecule has 2 aromatic heterocycles. The van der Waals surface area contributed by atoms with Crippen molar-refractivity contribution < 1.29 is 4.39 Å². The number of fused-ring (bicyclic) bond motifs is 1. The summed E-state index contributed by atoms with van der Waals surface area (Å²) in [4.78, 5) is 8.07. The third kappa shape index (κ3) is 2.07. The average molecular weight is 238 g/mol. The van der Waals surface area contributed by atoms with E-state index in [9.17, 15) is 4.39 Å². The van der Waals surface area contributed by atoms with Crippen molar-refractivity contribution >= 4 is 10.9 Å². The average Bonchev–Trinajstić information content (AvgIpc) is 2.42. The highest BCUT2D eigenvalue weighted by Gasteiger charge is 2.03. The van der Waals surface area contributed by atoms with Crippen molar-refractivity contribution in [3.8, 4) is 0 Å². The first-order chi connectivity index (χ1) is 8.83. The fourth-order valence-corrected chi connectivity index (χ4v) is 2.04. The molecule has 1 aromatic carbocycles. The minimum Gasteiger partial charge on any atom is -0.256 e. The van der Waals surface area contributed by atoms with Crippen molar-refractivity contribution in [2.24, 2.45) is 0 Å². The summed E-state index contributed by atoms with van der Waals surface area (Å²) in [5, 5.41) is 1.12. The van der Waals surface area contributed by atoms with Crippen molar-refractivity contribution in [1.82, 2.24) is 9.97 Å². The number of pyridine rings is 2. The molecule has 0 N–H and O–H groups in total. The fraction of sp³-hybridized carbons (Fsp3) is 0.0667. The Morgan fingerprint density at radius 1 is 0.944 bits per heavy atom. The van der Waals surface area contributed by atoms with Gasteiger partial charge >= 0.3 is 0 Å². The molecule has 0 amide bonds. The van der Waals surface area contributed by atoms with E-state index in [0.717, 1.165) is 22.0 Å². The third-order valence-corrected chi connectivity index (χ3v) is 2.90. The Labute approximate surface area is 104 Å². The second kappa shape index (κ2) is 4.53. The van der Waals surface area contributed by atoms with Crippen molar-refractivity contribution in [2.45, 2.75) is 6.42 Å². The smallest absolute Gasteiger partial charge is 0.212 e. The molecule has 3 rings (SSSR count).